The molecule has 0 aromatic heterocycles. The Hall–Kier alpha value is -1.49. The molecule has 2 aromatic carbocycles. The molecule has 2 aromatic rings. The number of halogens is 1. The van der Waals surface area contributed by atoms with Gasteiger partial charge in [-0.15, -0.1) is 0 Å². The van der Waals surface area contributed by atoms with Crippen molar-refractivity contribution in [1.29, 1.82) is 0 Å². The van der Waals surface area contributed by atoms with Crippen LogP contribution in [0.4, 0.5) is 0 Å². The highest BCUT2D eigenvalue weighted by Gasteiger charge is 2.27. The molecule has 0 aliphatic carbocycles. The van der Waals surface area contributed by atoms with Crippen molar-refractivity contribution in [2.75, 3.05) is 0 Å². The molecule has 0 saturated heterocycles. The van der Waals surface area contributed by atoms with Crippen LogP contribution in [0.3, 0.4) is 0 Å². The third kappa shape index (κ3) is 2.23. The first kappa shape index (κ1) is 11.6. The number of hydrogen-bond donors (Lipinski definition) is 1. The molecule has 0 bridgehead atoms. The summed E-state index contributed by atoms with van der Waals surface area (Å²) in [4.78, 5) is 0. The monoisotopic (exact) mass is 260 g/mol. The van der Waals surface area contributed by atoms with Crippen LogP contribution in [0, 0.1) is 0 Å². The maximum Gasteiger partial charge on any atom is 0.491 e. The van der Waals surface area contributed by atoms with Crippen LogP contribution in [0.15, 0.2) is 42.5 Å². The van der Waals surface area contributed by atoms with Gasteiger partial charge in [0.2, 0.25) is 0 Å². The zero-order valence-corrected chi connectivity index (χ0v) is 10.2. The third-order valence-corrected chi connectivity index (χ3v) is 3.08. The van der Waals surface area contributed by atoms with Gasteiger partial charge in [0.1, 0.15) is 11.5 Å². The van der Waals surface area contributed by atoms with Crippen LogP contribution in [0.5, 0.6) is 11.5 Å². The minimum atomic E-state index is -0.853. The van der Waals surface area contributed by atoms with E-state index in [0.717, 1.165) is 11.0 Å². The molecule has 1 N–H and O–H groups in total. The van der Waals surface area contributed by atoms with Gasteiger partial charge < -0.3 is 14.4 Å². The van der Waals surface area contributed by atoms with Crippen LogP contribution in [0.1, 0.15) is 5.56 Å². The predicted molar refractivity (Wildman–Crippen MR) is 70.4 cm³/mol. The fourth-order valence-electron chi connectivity index (χ4n) is 1.90. The lowest BCUT2D eigenvalue weighted by atomic mass is 9.79. The summed E-state index contributed by atoms with van der Waals surface area (Å²) in [5.41, 5.74) is 1.76. The number of benzene rings is 2. The molecule has 0 saturated carbocycles. The predicted octanol–water partition coefficient (Wildman–Crippen LogP) is 2.35. The summed E-state index contributed by atoms with van der Waals surface area (Å²) in [5.74, 6) is 1.37. The van der Waals surface area contributed by atoms with Crippen molar-refractivity contribution in [3.05, 3.63) is 53.1 Å². The molecule has 0 atom stereocenters. The summed E-state index contributed by atoms with van der Waals surface area (Å²) in [6, 6.07) is 12.7. The molecule has 90 valence electrons. The number of fused-ring (bicyclic) bond motifs is 1. The van der Waals surface area contributed by atoms with Crippen LogP contribution in [0.2, 0.25) is 5.02 Å². The Kier molecular flexibility index (Phi) is 3.00. The lowest BCUT2D eigenvalue weighted by Crippen LogP contribution is -2.27. The largest absolute Gasteiger partial charge is 0.491 e. The normalized spacial score (nSPS) is 13.6. The first-order valence-electron chi connectivity index (χ1n) is 5.58. The molecule has 0 fully saturated rings. The summed E-state index contributed by atoms with van der Waals surface area (Å²) in [7, 11) is -0.853. The van der Waals surface area contributed by atoms with Crippen molar-refractivity contribution in [3.8, 4) is 11.5 Å². The van der Waals surface area contributed by atoms with Crippen LogP contribution in [-0.4, -0.2) is 12.1 Å². The Bertz CT molecular complexity index is 571. The lowest BCUT2D eigenvalue weighted by molar-refractivity contribution is 0.275. The standard InChI is InChI=1S/C13H10BClO3/c15-10-2-5-11(6-3-10)18-12-4-1-9-8-17-14(16)13(9)7-12/h1-7,16H,8H2. The minimum Gasteiger partial charge on any atom is -0.457 e. The van der Waals surface area contributed by atoms with Crippen LogP contribution in [-0.2, 0) is 11.3 Å². The van der Waals surface area contributed by atoms with Crippen LogP contribution >= 0.6 is 11.6 Å². The first-order valence-corrected chi connectivity index (χ1v) is 5.96. The quantitative estimate of drug-likeness (QED) is 0.843. The Morgan fingerprint density at radius 1 is 1.11 bits per heavy atom. The smallest absolute Gasteiger partial charge is 0.457 e. The minimum absolute atomic E-state index is 0.442. The van der Waals surface area contributed by atoms with Crippen LogP contribution in [0.25, 0.3) is 0 Å². The van der Waals surface area contributed by atoms with Gasteiger partial charge in [-0.3, -0.25) is 0 Å². The van der Waals surface area contributed by atoms with Crippen LogP contribution < -0.4 is 10.2 Å². The van der Waals surface area contributed by atoms with E-state index in [2.05, 4.69) is 0 Å². The van der Waals surface area contributed by atoms with Crippen molar-refractivity contribution in [3.63, 3.8) is 0 Å². The number of rotatable bonds is 2. The highest BCUT2D eigenvalue weighted by molar-refractivity contribution is 6.61. The van der Waals surface area contributed by atoms with Gasteiger partial charge in [0, 0.05) is 5.02 Å². The average Bonchev–Trinajstić information content (AvgIpc) is 2.74. The van der Waals surface area contributed by atoms with Crippen molar-refractivity contribution in [2.45, 2.75) is 6.61 Å². The zero-order valence-electron chi connectivity index (χ0n) is 9.47. The van der Waals surface area contributed by atoms with Gasteiger partial charge in [-0.2, -0.15) is 0 Å². The highest BCUT2D eigenvalue weighted by atomic mass is 35.5. The van der Waals surface area contributed by atoms with Gasteiger partial charge in [-0.1, -0.05) is 17.7 Å². The van der Waals surface area contributed by atoms with Gasteiger partial charge in [-0.25, -0.2) is 0 Å². The summed E-state index contributed by atoms with van der Waals surface area (Å²) in [5, 5.41) is 10.3. The van der Waals surface area contributed by atoms with E-state index in [9.17, 15) is 5.02 Å². The molecule has 1 aliphatic heterocycles. The zero-order chi connectivity index (χ0) is 12.5. The SMILES string of the molecule is OB1OCc2ccc(Oc3ccc(Cl)cc3)cc21. The Morgan fingerprint density at radius 2 is 1.83 bits per heavy atom. The second-order valence-corrected chi connectivity index (χ2v) is 4.52. The van der Waals surface area contributed by atoms with Gasteiger partial charge >= 0.3 is 7.12 Å². The van der Waals surface area contributed by atoms with Gasteiger partial charge in [0.05, 0.1) is 6.61 Å². The fourth-order valence-corrected chi connectivity index (χ4v) is 2.02. The summed E-state index contributed by atoms with van der Waals surface area (Å²) < 4.78 is 10.8. The van der Waals surface area contributed by atoms with E-state index in [1.165, 1.54) is 0 Å². The Labute approximate surface area is 110 Å². The fraction of sp³-hybridized carbons (Fsp3) is 0.0769. The summed E-state index contributed by atoms with van der Waals surface area (Å²) >= 11 is 5.81. The van der Waals surface area contributed by atoms with Gasteiger partial charge in [0.15, 0.2) is 0 Å². The molecular weight excluding hydrogens is 250 g/mol. The third-order valence-electron chi connectivity index (χ3n) is 2.83. The molecule has 1 heterocycles. The molecular formula is C13H10BClO3. The summed E-state index contributed by atoms with van der Waals surface area (Å²) in [6.07, 6.45) is 0. The second-order valence-electron chi connectivity index (χ2n) is 4.08. The van der Waals surface area contributed by atoms with E-state index >= 15 is 0 Å². The molecule has 0 amide bonds. The van der Waals surface area contributed by atoms with Crippen molar-refractivity contribution < 1.29 is 14.4 Å². The van der Waals surface area contributed by atoms with Gasteiger partial charge in [-0.05, 0) is 47.4 Å². The molecule has 0 unspecified atom stereocenters. The topological polar surface area (TPSA) is 38.7 Å². The Morgan fingerprint density at radius 3 is 2.61 bits per heavy atom. The van der Waals surface area contributed by atoms with E-state index in [0.29, 0.717) is 23.1 Å². The maximum absolute atomic E-state index is 9.61. The maximum atomic E-state index is 9.61. The van der Waals surface area contributed by atoms with Crippen molar-refractivity contribution >= 4 is 24.2 Å². The molecule has 18 heavy (non-hydrogen) atoms. The highest BCUT2D eigenvalue weighted by Crippen LogP contribution is 2.24. The van der Waals surface area contributed by atoms with E-state index in [-0.39, 0.29) is 0 Å². The van der Waals surface area contributed by atoms with Gasteiger partial charge in [0.25, 0.3) is 0 Å². The van der Waals surface area contributed by atoms with Crippen molar-refractivity contribution in [2.24, 2.45) is 0 Å². The molecule has 1 aliphatic rings. The Balaban J connectivity index is 1.85. The van der Waals surface area contributed by atoms with Crippen molar-refractivity contribution in [1.82, 2.24) is 0 Å². The van der Waals surface area contributed by atoms with E-state index < -0.39 is 7.12 Å². The molecule has 5 heteroatoms. The molecule has 0 radical (unpaired) electrons. The molecule has 0 spiro atoms. The number of hydrogen-bond acceptors (Lipinski definition) is 3. The van der Waals surface area contributed by atoms with E-state index in [4.69, 9.17) is 21.0 Å². The molecule has 3 nitrogen and oxygen atoms in total. The second kappa shape index (κ2) is 4.65. The average molecular weight is 260 g/mol. The van der Waals surface area contributed by atoms with E-state index in [1.807, 2.05) is 12.1 Å². The number of ether oxygens (including phenoxy) is 1. The summed E-state index contributed by atoms with van der Waals surface area (Å²) in [6.45, 7) is 0.442. The first-order chi connectivity index (χ1) is 8.72. The molecule has 3 rings (SSSR count). The lowest BCUT2D eigenvalue weighted by Gasteiger charge is -2.07. The van der Waals surface area contributed by atoms with E-state index in [1.54, 1.807) is 30.3 Å².